The number of hydrogen-bond donors (Lipinski definition) is 0. The molecule has 18 heavy (non-hydrogen) atoms. The van der Waals surface area contributed by atoms with Crippen LogP contribution in [-0.2, 0) is 9.53 Å². The summed E-state index contributed by atoms with van der Waals surface area (Å²) in [7, 11) is 4.96. The van der Waals surface area contributed by atoms with Crippen molar-refractivity contribution in [3.63, 3.8) is 0 Å². The summed E-state index contributed by atoms with van der Waals surface area (Å²) in [6.07, 6.45) is 1.59. The van der Waals surface area contributed by atoms with Crippen LogP contribution < -0.4 is 4.74 Å². The maximum absolute atomic E-state index is 11.6. The van der Waals surface area contributed by atoms with E-state index < -0.39 is 5.97 Å². The highest BCUT2D eigenvalue weighted by molar-refractivity contribution is 5.86. The lowest BCUT2D eigenvalue weighted by Gasteiger charge is -2.13. The highest BCUT2D eigenvalue weighted by atomic mass is 16.6. The third-order valence-electron chi connectivity index (χ3n) is 2.33. The summed E-state index contributed by atoms with van der Waals surface area (Å²) < 4.78 is 10.3. The molecule has 0 aromatic heterocycles. The number of carbonyl (C=O) groups is 1. The number of rotatable bonds is 4. The Kier molecular flexibility index (Phi) is 4.77. The zero-order valence-electron chi connectivity index (χ0n) is 11.5. The van der Waals surface area contributed by atoms with E-state index in [1.165, 1.54) is 7.11 Å². The molecule has 0 saturated heterocycles. The second-order valence-electron chi connectivity index (χ2n) is 4.32. The van der Waals surface area contributed by atoms with Crippen LogP contribution >= 0.6 is 0 Å². The Hall–Kier alpha value is -1.97. The highest BCUT2D eigenvalue weighted by Crippen LogP contribution is 2.21. The lowest BCUT2D eigenvalue weighted by Crippen LogP contribution is -2.15. The van der Waals surface area contributed by atoms with Gasteiger partial charge in [-0.3, -0.25) is 0 Å². The van der Waals surface area contributed by atoms with E-state index in [1.54, 1.807) is 11.1 Å². The van der Waals surface area contributed by atoms with Crippen molar-refractivity contribution in [2.24, 2.45) is 0 Å². The van der Waals surface area contributed by atoms with Crippen LogP contribution in [0, 0.1) is 13.8 Å². The fourth-order valence-electron chi connectivity index (χ4n) is 1.39. The smallest absolute Gasteiger partial charge is 0.375 e. The van der Waals surface area contributed by atoms with Crippen LogP contribution in [0.15, 0.2) is 30.2 Å². The Labute approximate surface area is 108 Å². The summed E-state index contributed by atoms with van der Waals surface area (Å²) in [6, 6.07) is 5.84. The van der Waals surface area contributed by atoms with Crippen molar-refractivity contribution in [1.82, 2.24) is 4.90 Å². The van der Waals surface area contributed by atoms with Gasteiger partial charge in [-0.1, -0.05) is 12.1 Å². The maximum Gasteiger partial charge on any atom is 0.375 e. The molecule has 98 valence electrons. The fraction of sp³-hybridized carbons (Fsp3) is 0.357. The predicted molar refractivity (Wildman–Crippen MR) is 70.3 cm³/mol. The Morgan fingerprint density at radius 1 is 1.28 bits per heavy atom. The van der Waals surface area contributed by atoms with Gasteiger partial charge in [-0.15, -0.1) is 0 Å². The molecule has 0 spiro atoms. The Morgan fingerprint density at radius 2 is 1.94 bits per heavy atom. The van der Waals surface area contributed by atoms with Gasteiger partial charge >= 0.3 is 5.97 Å². The highest BCUT2D eigenvalue weighted by Gasteiger charge is 2.14. The van der Waals surface area contributed by atoms with Gasteiger partial charge in [0, 0.05) is 20.3 Å². The number of methoxy groups -OCH3 is 1. The third-order valence-corrected chi connectivity index (χ3v) is 2.33. The first-order valence-electron chi connectivity index (χ1n) is 5.65. The van der Waals surface area contributed by atoms with Crippen LogP contribution in [0.5, 0.6) is 5.75 Å². The first-order valence-corrected chi connectivity index (χ1v) is 5.65. The third kappa shape index (κ3) is 3.80. The lowest BCUT2D eigenvalue weighted by atomic mass is 10.1. The molecule has 0 atom stereocenters. The minimum Gasteiger partial charge on any atom is -0.463 e. The van der Waals surface area contributed by atoms with Gasteiger partial charge in [0.05, 0.1) is 7.11 Å². The van der Waals surface area contributed by atoms with E-state index in [0.717, 1.165) is 11.1 Å². The number of benzene rings is 1. The van der Waals surface area contributed by atoms with Crippen molar-refractivity contribution >= 4 is 5.97 Å². The van der Waals surface area contributed by atoms with E-state index in [9.17, 15) is 4.79 Å². The number of aryl methyl sites for hydroxylation is 2. The van der Waals surface area contributed by atoms with Crippen molar-refractivity contribution in [3.05, 3.63) is 41.3 Å². The summed E-state index contributed by atoms with van der Waals surface area (Å²) in [4.78, 5) is 13.3. The normalized spacial score (nSPS) is 11.1. The van der Waals surface area contributed by atoms with E-state index >= 15 is 0 Å². The van der Waals surface area contributed by atoms with E-state index in [2.05, 4.69) is 0 Å². The van der Waals surface area contributed by atoms with Crippen LogP contribution in [0.4, 0.5) is 0 Å². The van der Waals surface area contributed by atoms with Crippen LogP contribution in [-0.4, -0.2) is 32.1 Å². The van der Waals surface area contributed by atoms with Crippen molar-refractivity contribution in [1.29, 1.82) is 0 Å². The molecule has 0 bridgehead atoms. The molecule has 0 aliphatic heterocycles. The first-order chi connectivity index (χ1) is 8.43. The fourth-order valence-corrected chi connectivity index (χ4v) is 1.39. The van der Waals surface area contributed by atoms with Crippen LogP contribution in [0.25, 0.3) is 0 Å². The number of nitrogens with zero attached hydrogens (tertiary/aromatic N) is 1. The molecular formula is C14H19NO3. The molecule has 0 N–H and O–H groups in total. The topological polar surface area (TPSA) is 38.8 Å². The molecular weight excluding hydrogens is 230 g/mol. The Morgan fingerprint density at radius 3 is 2.50 bits per heavy atom. The molecule has 0 aliphatic carbocycles. The van der Waals surface area contributed by atoms with Gasteiger partial charge in [-0.2, -0.15) is 0 Å². The van der Waals surface area contributed by atoms with Crippen molar-refractivity contribution < 1.29 is 14.3 Å². The standard InChI is InChI=1S/C14H19NO3/c1-10-6-7-11(2)12(8-10)18-13(9-15(3)4)14(16)17-5/h6-9H,1-5H3/b13-9+. The van der Waals surface area contributed by atoms with Gasteiger partial charge in [0.15, 0.2) is 0 Å². The molecule has 1 aromatic carbocycles. The second kappa shape index (κ2) is 6.10. The SMILES string of the molecule is COC(=O)/C(=C\N(C)C)Oc1cc(C)ccc1C. The second-order valence-corrected chi connectivity index (χ2v) is 4.32. The van der Waals surface area contributed by atoms with Gasteiger partial charge in [-0.05, 0) is 31.0 Å². The van der Waals surface area contributed by atoms with Crippen LogP contribution in [0.1, 0.15) is 11.1 Å². The monoisotopic (exact) mass is 249 g/mol. The molecule has 4 nitrogen and oxygen atoms in total. The van der Waals surface area contributed by atoms with E-state index in [1.807, 2.05) is 46.1 Å². The Bertz CT molecular complexity index is 464. The lowest BCUT2D eigenvalue weighted by molar-refractivity contribution is -0.138. The molecule has 1 rings (SSSR count). The summed E-state index contributed by atoms with van der Waals surface area (Å²) in [5, 5.41) is 0. The van der Waals surface area contributed by atoms with Crippen LogP contribution in [0.3, 0.4) is 0 Å². The number of ether oxygens (including phenoxy) is 2. The molecule has 0 aliphatic rings. The van der Waals surface area contributed by atoms with Gasteiger partial charge < -0.3 is 14.4 Å². The van der Waals surface area contributed by atoms with E-state index in [-0.39, 0.29) is 5.76 Å². The summed E-state index contributed by atoms with van der Waals surface area (Å²) in [5.74, 6) is 0.328. The maximum atomic E-state index is 11.6. The number of carbonyl (C=O) groups excluding carboxylic acids is 1. The molecule has 0 saturated carbocycles. The number of esters is 1. The molecule has 4 heteroatoms. The van der Waals surface area contributed by atoms with Gasteiger partial charge in [-0.25, -0.2) is 4.79 Å². The molecule has 0 amide bonds. The first kappa shape index (κ1) is 14.1. The number of hydrogen-bond acceptors (Lipinski definition) is 4. The predicted octanol–water partition coefficient (Wildman–Crippen LogP) is 2.26. The van der Waals surface area contributed by atoms with Gasteiger partial charge in [0.1, 0.15) is 5.75 Å². The zero-order chi connectivity index (χ0) is 13.7. The summed E-state index contributed by atoms with van der Waals surface area (Å²) in [5.41, 5.74) is 2.04. The zero-order valence-corrected chi connectivity index (χ0v) is 11.5. The molecule has 0 heterocycles. The van der Waals surface area contributed by atoms with Crippen molar-refractivity contribution in [2.45, 2.75) is 13.8 Å². The van der Waals surface area contributed by atoms with Crippen LogP contribution in [0.2, 0.25) is 0 Å². The minimum absolute atomic E-state index is 0.163. The van der Waals surface area contributed by atoms with Crippen molar-refractivity contribution in [2.75, 3.05) is 21.2 Å². The summed E-state index contributed by atoms with van der Waals surface area (Å²) >= 11 is 0. The molecule has 0 fully saturated rings. The molecule has 1 aromatic rings. The average Bonchev–Trinajstić information content (AvgIpc) is 2.31. The molecule has 0 radical (unpaired) electrons. The molecule has 0 unspecified atom stereocenters. The van der Waals surface area contributed by atoms with E-state index in [4.69, 9.17) is 9.47 Å². The summed E-state index contributed by atoms with van der Waals surface area (Å²) in [6.45, 7) is 3.90. The largest absolute Gasteiger partial charge is 0.463 e. The van der Waals surface area contributed by atoms with E-state index in [0.29, 0.717) is 5.75 Å². The van der Waals surface area contributed by atoms with Crippen molar-refractivity contribution in [3.8, 4) is 5.75 Å². The Balaban J connectivity index is 3.03. The quantitative estimate of drug-likeness (QED) is 0.466. The van der Waals surface area contributed by atoms with Gasteiger partial charge in [0.25, 0.3) is 0 Å². The van der Waals surface area contributed by atoms with Gasteiger partial charge in [0.2, 0.25) is 5.76 Å². The minimum atomic E-state index is -0.496. The average molecular weight is 249 g/mol.